The predicted molar refractivity (Wildman–Crippen MR) is 101 cm³/mol. The molecule has 27 heavy (non-hydrogen) atoms. The number of amides is 1. The van der Waals surface area contributed by atoms with Gasteiger partial charge in [-0.05, 0) is 36.4 Å². The highest BCUT2D eigenvalue weighted by Crippen LogP contribution is 2.29. The molecule has 0 aliphatic carbocycles. The van der Waals surface area contributed by atoms with E-state index in [1.165, 1.54) is 18.3 Å². The van der Waals surface area contributed by atoms with Crippen molar-refractivity contribution in [3.63, 3.8) is 0 Å². The summed E-state index contributed by atoms with van der Waals surface area (Å²) in [6.07, 6.45) is 1.39. The standard InChI is InChI=1S/C20H15ClN2O4/c21-18-12-14(10-11-22-18)20(25)26-13-19(24)23-16-8-4-5-9-17(16)27-15-6-2-1-3-7-15/h1-12H,13H2,(H,23,24). The van der Waals surface area contributed by atoms with Gasteiger partial charge in [0.2, 0.25) is 0 Å². The lowest BCUT2D eigenvalue weighted by molar-refractivity contribution is -0.119. The van der Waals surface area contributed by atoms with Crippen LogP contribution in [0.1, 0.15) is 10.4 Å². The second-order valence-electron chi connectivity index (χ2n) is 5.40. The first-order chi connectivity index (χ1) is 13.1. The van der Waals surface area contributed by atoms with E-state index in [2.05, 4.69) is 10.3 Å². The van der Waals surface area contributed by atoms with Gasteiger partial charge in [-0.15, -0.1) is 0 Å². The SMILES string of the molecule is O=C(COC(=O)c1ccnc(Cl)c1)Nc1ccccc1Oc1ccccc1. The van der Waals surface area contributed by atoms with Crippen molar-refractivity contribution in [3.8, 4) is 11.5 Å². The third kappa shape index (κ3) is 5.29. The van der Waals surface area contributed by atoms with E-state index in [0.717, 1.165) is 0 Å². The van der Waals surface area contributed by atoms with Crippen molar-refractivity contribution in [1.29, 1.82) is 0 Å². The summed E-state index contributed by atoms with van der Waals surface area (Å²) in [5.74, 6) is -0.0413. The fourth-order valence-electron chi connectivity index (χ4n) is 2.20. The van der Waals surface area contributed by atoms with Crippen LogP contribution in [0.15, 0.2) is 72.9 Å². The van der Waals surface area contributed by atoms with Crippen LogP contribution in [0, 0.1) is 0 Å². The number of aromatic nitrogens is 1. The Morgan fingerprint density at radius 3 is 2.52 bits per heavy atom. The van der Waals surface area contributed by atoms with Crippen LogP contribution in [0.4, 0.5) is 5.69 Å². The normalized spacial score (nSPS) is 10.1. The zero-order chi connectivity index (χ0) is 19.1. The van der Waals surface area contributed by atoms with E-state index >= 15 is 0 Å². The Bertz CT molecular complexity index is 947. The number of pyridine rings is 1. The van der Waals surface area contributed by atoms with E-state index in [1.807, 2.05) is 18.2 Å². The Morgan fingerprint density at radius 1 is 1.00 bits per heavy atom. The maximum absolute atomic E-state index is 12.1. The summed E-state index contributed by atoms with van der Waals surface area (Å²) in [5, 5.41) is 2.84. The minimum atomic E-state index is -0.664. The van der Waals surface area contributed by atoms with Crippen molar-refractivity contribution in [2.75, 3.05) is 11.9 Å². The highest BCUT2D eigenvalue weighted by atomic mass is 35.5. The van der Waals surface area contributed by atoms with Gasteiger partial charge >= 0.3 is 5.97 Å². The van der Waals surface area contributed by atoms with Gasteiger partial charge in [0, 0.05) is 6.20 Å². The third-order valence-electron chi connectivity index (χ3n) is 3.43. The number of benzene rings is 2. The lowest BCUT2D eigenvalue weighted by Crippen LogP contribution is -2.21. The van der Waals surface area contributed by atoms with Crippen LogP contribution in [0.2, 0.25) is 5.15 Å². The molecule has 3 aromatic rings. The molecule has 136 valence electrons. The number of carbonyl (C=O) groups is 2. The lowest BCUT2D eigenvalue weighted by Gasteiger charge is -2.12. The minimum Gasteiger partial charge on any atom is -0.455 e. The van der Waals surface area contributed by atoms with E-state index < -0.39 is 18.5 Å². The van der Waals surface area contributed by atoms with Gasteiger partial charge < -0.3 is 14.8 Å². The van der Waals surface area contributed by atoms with Crippen molar-refractivity contribution in [1.82, 2.24) is 4.98 Å². The molecule has 1 amide bonds. The molecule has 7 heteroatoms. The van der Waals surface area contributed by atoms with Crippen LogP contribution in [0.5, 0.6) is 11.5 Å². The average molecular weight is 383 g/mol. The van der Waals surface area contributed by atoms with Crippen molar-refractivity contribution in [2.45, 2.75) is 0 Å². The molecule has 1 N–H and O–H groups in total. The van der Waals surface area contributed by atoms with Gasteiger partial charge in [-0.2, -0.15) is 0 Å². The molecule has 0 saturated carbocycles. The fourth-order valence-corrected chi connectivity index (χ4v) is 2.38. The molecule has 0 spiro atoms. The smallest absolute Gasteiger partial charge is 0.338 e. The fraction of sp³-hybridized carbons (Fsp3) is 0.0500. The molecule has 6 nitrogen and oxygen atoms in total. The van der Waals surface area contributed by atoms with Crippen LogP contribution in [0.25, 0.3) is 0 Å². The quantitative estimate of drug-likeness (QED) is 0.507. The van der Waals surface area contributed by atoms with Crippen LogP contribution >= 0.6 is 11.6 Å². The van der Waals surface area contributed by atoms with Gasteiger partial charge in [0.25, 0.3) is 5.91 Å². The van der Waals surface area contributed by atoms with E-state index in [-0.39, 0.29) is 10.7 Å². The zero-order valence-electron chi connectivity index (χ0n) is 14.1. The molecular formula is C20H15ClN2O4. The minimum absolute atomic E-state index is 0.167. The zero-order valence-corrected chi connectivity index (χ0v) is 14.8. The van der Waals surface area contributed by atoms with Crippen molar-refractivity contribution < 1.29 is 19.1 Å². The second-order valence-corrected chi connectivity index (χ2v) is 5.79. The topological polar surface area (TPSA) is 77.5 Å². The molecule has 2 aromatic carbocycles. The maximum Gasteiger partial charge on any atom is 0.338 e. The largest absolute Gasteiger partial charge is 0.455 e. The summed E-state index contributed by atoms with van der Waals surface area (Å²) in [4.78, 5) is 27.9. The van der Waals surface area contributed by atoms with Crippen molar-refractivity contribution in [3.05, 3.63) is 83.6 Å². The van der Waals surface area contributed by atoms with Crippen LogP contribution in [-0.4, -0.2) is 23.5 Å². The number of ether oxygens (including phenoxy) is 2. The number of esters is 1. The van der Waals surface area contributed by atoms with Gasteiger partial charge in [-0.25, -0.2) is 9.78 Å². The van der Waals surface area contributed by atoms with E-state index in [4.69, 9.17) is 21.1 Å². The van der Waals surface area contributed by atoms with E-state index in [9.17, 15) is 9.59 Å². The summed E-state index contributed by atoms with van der Waals surface area (Å²) in [6, 6.07) is 19.0. The summed E-state index contributed by atoms with van der Waals surface area (Å²) in [7, 11) is 0. The lowest BCUT2D eigenvalue weighted by atomic mass is 10.2. The molecule has 3 rings (SSSR count). The van der Waals surface area contributed by atoms with Gasteiger partial charge in [-0.1, -0.05) is 41.9 Å². The molecule has 0 fully saturated rings. The predicted octanol–water partition coefficient (Wildman–Crippen LogP) is 4.32. The first-order valence-electron chi connectivity index (χ1n) is 8.02. The summed E-state index contributed by atoms with van der Waals surface area (Å²) < 4.78 is 10.8. The van der Waals surface area contributed by atoms with Gasteiger partial charge in [0.15, 0.2) is 12.4 Å². The molecule has 0 bridgehead atoms. The number of hydrogen-bond acceptors (Lipinski definition) is 5. The monoisotopic (exact) mass is 382 g/mol. The number of nitrogens with one attached hydrogen (secondary N) is 1. The molecular weight excluding hydrogens is 368 g/mol. The van der Waals surface area contributed by atoms with Gasteiger partial charge in [0.1, 0.15) is 10.9 Å². The number of nitrogens with zero attached hydrogens (tertiary/aromatic N) is 1. The number of para-hydroxylation sites is 3. The molecule has 1 aromatic heterocycles. The van der Waals surface area contributed by atoms with Gasteiger partial charge in [-0.3, -0.25) is 4.79 Å². The van der Waals surface area contributed by atoms with E-state index in [0.29, 0.717) is 17.2 Å². The van der Waals surface area contributed by atoms with Crippen molar-refractivity contribution in [2.24, 2.45) is 0 Å². The Balaban J connectivity index is 1.60. The Morgan fingerprint density at radius 2 is 1.74 bits per heavy atom. The first-order valence-corrected chi connectivity index (χ1v) is 8.40. The molecule has 0 aliphatic rings. The number of carbonyl (C=O) groups excluding carboxylic acids is 2. The third-order valence-corrected chi connectivity index (χ3v) is 3.64. The molecule has 1 heterocycles. The average Bonchev–Trinajstić information content (AvgIpc) is 2.68. The van der Waals surface area contributed by atoms with Gasteiger partial charge in [0.05, 0.1) is 11.3 Å². The van der Waals surface area contributed by atoms with E-state index in [1.54, 1.807) is 36.4 Å². The van der Waals surface area contributed by atoms with Crippen LogP contribution < -0.4 is 10.1 Å². The number of halogens is 1. The highest BCUT2D eigenvalue weighted by Gasteiger charge is 2.13. The molecule has 0 saturated heterocycles. The Kier molecular flexibility index (Phi) is 6.02. The Hall–Kier alpha value is -3.38. The van der Waals surface area contributed by atoms with Crippen LogP contribution in [-0.2, 0) is 9.53 Å². The summed E-state index contributed by atoms with van der Waals surface area (Å²) in [6.45, 7) is -0.446. The van der Waals surface area contributed by atoms with Crippen molar-refractivity contribution >= 4 is 29.2 Å². The summed E-state index contributed by atoms with van der Waals surface area (Å²) in [5.41, 5.74) is 0.685. The Labute approximate surface area is 160 Å². The first kappa shape index (κ1) is 18.4. The highest BCUT2D eigenvalue weighted by molar-refractivity contribution is 6.29. The molecule has 0 aliphatic heterocycles. The maximum atomic E-state index is 12.1. The number of hydrogen-bond donors (Lipinski definition) is 1. The summed E-state index contributed by atoms with van der Waals surface area (Å²) >= 11 is 5.73. The molecule has 0 radical (unpaired) electrons. The molecule has 0 unspecified atom stereocenters. The number of anilines is 1. The number of rotatable bonds is 6. The second kappa shape index (κ2) is 8.82. The molecule has 0 atom stereocenters. The van der Waals surface area contributed by atoms with Crippen LogP contribution in [0.3, 0.4) is 0 Å².